The van der Waals surface area contributed by atoms with Crippen LogP contribution in [0.25, 0.3) is 11.3 Å². The Labute approximate surface area is 131 Å². The summed E-state index contributed by atoms with van der Waals surface area (Å²) in [5.41, 5.74) is 1.58. The van der Waals surface area contributed by atoms with Gasteiger partial charge in [0.15, 0.2) is 0 Å². The van der Waals surface area contributed by atoms with E-state index in [1.807, 2.05) is 41.8 Å². The van der Waals surface area contributed by atoms with E-state index in [4.69, 9.17) is 9.47 Å². The van der Waals surface area contributed by atoms with Gasteiger partial charge in [-0.15, -0.1) is 11.3 Å². The molecule has 5 nitrogen and oxygen atoms in total. The molecule has 6 heteroatoms. The van der Waals surface area contributed by atoms with E-state index in [9.17, 15) is 0 Å². The van der Waals surface area contributed by atoms with Crippen molar-refractivity contribution in [3.05, 3.63) is 48.0 Å². The number of aromatic nitrogens is 2. The summed E-state index contributed by atoms with van der Waals surface area (Å²) in [6, 6.07) is 11.1. The smallest absolute Gasteiger partial charge is 0.228 e. The van der Waals surface area contributed by atoms with Crippen LogP contribution in [0.4, 0.5) is 5.13 Å². The lowest BCUT2D eigenvalue weighted by molar-refractivity contribution is 0.412. The summed E-state index contributed by atoms with van der Waals surface area (Å²) < 4.78 is 11.0. The number of rotatable bonds is 5. The highest BCUT2D eigenvalue weighted by Gasteiger charge is 2.12. The van der Waals surface area contributed by atoms with Gasteiger partial charge in [0.1, 0.15) is 11.5 Å². The van der Waals surface area contributed by atoms with Gasteiger partial charge in [-0.3, -0.25) is 0 Å². The zero-order valence-corrected chi connectivity index (χ0v) is 12.7. The van der Waals surface area contributed by atoms with Crippen LogP contribution < -0.4 is 9.47 Å². The Morgan fingerprint density at radius 3 is 2.59 bits per heavy atom. The van der Waals surface area contributed by atoms with Gasteiger partial charge in [-0.2, -0.15) is 0 Å². The molecule has 0 amide bonds. The fourth-order valence-corrected chi connectivity index (χ4v) is 2.51. The Morgan fingerprint density at radius 2 is 1.91 bits per heavy atom. The SMILES string of the molecule is C=Nc1nc(-c2cccnc2Oc2ccc(OC)cc2)cs1. The molecular formula is C16H13N3O2S. The number of hydrogen-bond donors (Lipinski definition) is 0. The van der Waals surface area contributed by atoms with Gasteiger partial charge in [-0.1, -0.05) is 0 Å². The molecule has 2 heterocycles. The van der Waals surface area contributed by atoms with Gasteiger partial charge in [0.05, 0.1) is 18.4 Å². The standard InChI is InChI=1S/C16H13N3O2S/c1-17-16-19-14(10-22-16)13-4-3-9-18-15(13)21-12-7-5-11(20-2)6-8-12/h3-10H,1H2,2H3. The zero-order chi connectivity index (χ0) is 15.4. The largest absolute Gasteiger partial charge is 0.497 e. The number of nitrogens with zero attached hydrogens (tertiary/aromatic N) is 3. The lowest BCUT2D eigenvalue weighted by Crippen LogP contribution is -1.91. The molecule has 0 saturated carbocycles. The third-order valence-corrected chi connectivity index (χ3v) is 3.72. The Kier molecular flexibility index (Phi) is 4.11. The van der Waals surface area contributed by atoms with E-state index < -0.39 is 0 Å². The van der Waals surface area contributed by atoms with Crippen molar-refractivity contribution in [1.29, 1.82) is 0 Å². The molecule has 3 rings (SSSR count). The topological polar surface area (TPSA) is 56.6 Å². The van der Waals surface area contributed by atoms with E-state index in [2.05, 4.69) is 21.7 Å². The van der Waals surface area contributed by atoms with Crippen molar-refractivity contribution in [2.24, 2.45) is 4.99 Å². The van der Waals surface area contributed by atoms with E-state index >= 15 is 0 Å². The quantitative estimate of drug-likeness (QED) is 0.658. The Morgan fingerprint density at radius 1 is 1.14 bits per heavy atom. The first-order valence-corrected chi connectivity index (χ1v) is 7.37. The molecule has 0 atom stereocenters. The van der Waals surface area contributed by atoms with Gasteiger partial charge >= 0.3 is 0 Å². The molecule has 0 unspecified atom stereocenters. The first-order valence-electron chi connectivity index (χ1n) is 6.49. The Bertz CT molecular complexity index is 784. The highest BCUT2D eigenvalue weighted by Crippen LogP contribution is 2.34. The number of aliphatic imine (C=N–C) groups is 1. The average Bonchev–Trinajstić information content (AvgIpc) is 3.05. The van der Waals surface area contributed by atoms with Crippen LogP contribution in [0.1, 0.15) is 0 Å². The van der Waals surface area contributed by atoms with Crippen molar-refractivity contribution in [3.8, 4) is 28.6 Å². The second kappa shape index (κ2) is 6.36. The highest BCUT2D eigenvalue weighted by atomic mass is 32.1. The first-order chi connectivity index (χ1) is 10.8. The van der Waals surface area contributed by atoms with Crippen LogP contribution in [0.5, 0.6) is 17.4 Å². The van der Waals surface area contributed by atoms with E-state index in [0.29, 0.717) is 16.8 Å². The van der Waals surface area contributed by atoms with Gasteiger partial charge in [0, 0.05) is 11.6 Å². The number of ether oxygens (including phenoxy) is 2. The van der Waals surface area contributed by atoms with Crippen LogP contribution in [0.2, 0.25) is 0 Å². The van der Waals surface area contributed by atoms with Crippen molar-refractivity contribution < 1.29 is 9.47 Å². The molecule has 22 heavy (non-hydrogen) atoms. The fourth-order valence-electron chi connectivity index (χ4n) is 1.88. The predicted octanol–water partition coefficient (Wildman–Crippen LogP) is 4.34. The van der Waals surface area contributed by atoms with Crippen molar-refractivity contribution in [2.45, 2.75) is 0 Å². The van der Waals surface area contributed by atoms with Crippen molar-refractivity contribution in [3.63, 3.8) is 0 Å². The maximum absolute atomic E-state index is 5.86. The van der Waals surface area contributed by atoms with Crippen LogP contribution in [-0.4, -0.2) is 23.8 Å². The van der Waals surface area contributed by atoms with E-state index in [1.165, 1.54) is 11.3 Å². The molecule has 0 fully saturated rings. The van der Waals surface area contributed by atoms with Crippen LogP contribution >= 0.6 is 11.3 Å². The van der Waals surface area contributed by atoms with E-state index in [0.717, 1.165) is 17.0 Å². The van der Waals surface area contributed by atoms with E-state index in [1.54, 1.807) is 13.3 Å². The van der Waals surface area contributed by atoms with Gasteiger partial charge in [0.25, 0.3) is 0 Å². The third kappa shape index (κ3) is 2.96. The molecule has 0 N–H and O–H groups in total. The van der Waals surface area contributed by atoms with Crippen LogP contribution in [-0.2, 0) is 0 Å². The number of hydrogen-bond acceptors (Lipinski definition) is 6. The molecule has 0 aliphatic carbocycles. The average molecular weight is 311 g/mol. The summed E-state index contributed by atoms with van der Waals surface area (Å²) in [4.78, 5) is 12.5. The minimum absolute atomic E-state index is 0.494. The molecule has 1 aromatic carbocycles. The fraction of sp³-hybridized carbons (Fsp3) is 0.0625. The summed E-state index contributed by atoms with van der Waals surface area (Å²) >= 11 is 1.42. The highest BCUT2D eigenvalue weighted by molar-refractivity contribution is 7.13. The molecule has 110 valence electrons. The summed E-state index contributed by atoms with van der Waals surface area (Å²) in [7, 11) is 1.63. The maximum atomic E-state index is 5.86. The number of benzene rings is 1. The summed E-state index contributed by atoms with van der Waals surface area (Å²) in [5.74, 6) is 1.95. The molecular weight excluding hydrogens is 298 g/mol. The second-order valence-electron chi connectivity index (χ2n) is 4.31. The summed E-state index contributed by atoms with van der Waals surface area (Å²) in [6.45, 7) is 3.48. The Hall–Kier alpha value is -2.73. The Balaban J connectivity index is 1.91. The van der Waals surface area contributed by atoms with Crippen molar-refractivity contribution in [1.82, 2.24) is 9.97 Å². The normalized spacial score (nSPS) is 10.2. The van der Waals surface area contributed by atoms with Crippen LogP contribution in [0.3, 0.4) is 0 Å². The number of pyridine rings is 1. The van der Waals surface area contributed by atoms with Crippen LogP contribution in [0.15, 0.2) is 53.0 Å². The molecule has 0 bridgehead atoms. The molecule has 3 aromatic rings. The molecule has 0 aliphatic heterocycles. The zero-order valence-electron chi connectivity index (χ0n) is 11.9. The van der Waals surface area contributed by atoms with Crippen molar-refractivity contribution >= 4 is 23.2 Å². The third-order valence-electron chi connectivity index (χ3n) is 2.95. The minimum atomic E-state index is 0.494. The summed E-state index contributed by atoms with van der Waals surface area (Å²) in [6.07, 6.45) is 1.68. The molecule has 0 radical (unpaired) electrons. The van der Waals surface area contributed by atoms with Gasteiger partial charge in [-0.25, -0.2) is 15.0 Å². The minimum Gasteiger partial charge on any atom is -0.497 e. The summed E-state index contributed by atoms with van der Waals surface area (Å²) in [5, 5.41) is 2.52. The first kappa shape index (κ1) is 14.2. The second-order valence-corrected chi connectivity index (χ2v) is 5.14. The number of methoxy groups -OCH3 is 1. The monoisotopic (exact) mass is 311 g/mol. The molecule has 0 saturated heterocycles. The maximum Gasteiger partial charge on any atom is 0.228 e. The van der Waals surface area contributed by atoms with Gasteiger partial charge in [-0.05, 0) is 43.1 Å². The molecule has 2 aromatic heterocycles. The van der Waals surface area contributed by atoms with Crippen molar-refractivity contribution in [2.75, 3.05) is 7.11 Å². The lowest BCUT2D eigenvalue weighted by Gasteiger charge is -2.08. The van der Waals surface area contributed by atoms with E-state index in [-0.39, 0.29) is 0 Å². The molecule has 0 aliphatic rings. The van der Waals surface area contributed by atoms with Gasteiger partial charge < -0.3 is 9.47 Å². The van der Waals surface area contributed by atoms with Crippen LogP contribution in [0, 0.1) is 0 Å². The molecule has 0 spiro atoms. The predicted molar refractivity (Wildman–Crippen MR) is 87.6 cm³/mol. The van der Waals surface area contributed by atoms with Gasteiger partial charge in [0.2, 0.25) is 11.0 Å². The lowest BCUT2D eigenvalue weighted by atomic mass is 10.2. The number of thiazole rings is 1.